The van der Waals surface area contributed by atoms with E-state index in [1.807, 2.05) is 30.3 Å². The number of hydrogen-bond donors (Lipinski definition) is 1. The van der Waals surface area contributed by atoms with Gasteiger partial charge in [-0.25, -0.2) is 4.98 Å². The molecule has 0 bridgehead atoms. The summed E-state index contributed by atoms with van der Waals surface area (Å²) in [5.74, 6) is 0.165. The predicted octanol–water partition coefficient (Wildman–Crippen LogP) is 2.28. The minimum atomic E-state index is -0.334. The van der Waals surface area contributed by atoms with Crippen molar-refractivity contribution >= 4 is 23.3 Å². The summed E-state index contributed by atoms with van der Waals surface area (Å²) in [5.41, 5.74) is 1.63. The maximum absolute atomic E-state index is 13.1. The topological polar surface area (TPSA) is 79.6 Å². The second kappa shape index (κ2) is 6.59. The van der Waals surface area contributed by atoms with Crippen molar-refractivity contribution in [3.05, 3.63) is 60.4 Å². The van der Waals surface area contributed by atoms with Crippen molar-refractivity contribution in [1.29, 1.82) is 0 Å². The average Bonchev–Trinajstić information content (AvgIpc) is 3.14. The lowest BCUT2D eigenvalue weighted by Gasteiger charge is -2.38. The molecule has 0 spiro atoms. The Kier molecular flexibility index (Phi) is 4.12. The van der Waals surface area contributed by atoms with Crippen molar-refractivity contribution < 1.29 is 9.59 Å². The van der Waals surface area contributed by atoms with Gasteiger partial charge < -0.3 is 10.2 Å². The van der Waals surface area contributed by atoms with Crippen LogP contribution in [0, 0.1) is 5.92 Å². The van der Waals surface area contributed by atoms with Gasteiger partial charge in [0.2, 0.25) is 11.8 Å². The first-order chi connectivity index (χ1) is 12.6. The molecule has 0 unspecified atom stereocenters. The van der Waals surface area contributed by atoms with Gasteiger partial charge in [0.05, 0.1) is 18.2 Å². The van der Waals surface area contributed by atoms with Crippen LogP contribution in [0.5, 0.6) is 0 Å². The fourth-order valence-corrected chi connectivity index (χ4v) is 3.57. The Labute approximate surface area is 150 Å². The van der Waals surface area contributed by atoms with Crippen LogP contribution >= 0.6 is 0 Å². The second-order valence-electron chi connectivity index (χ2n) is 6.43. The molecule has 1 fully saturated rings. The molecule has 2 aromatic heterocycles. The number of nitrogens with one attached hydrogen (secondary N) is 1. The molecule has 1 aliphatic heterocycles. The molecule has 3 aromatic rings. The molecule has 26 heavy (non-hydrogen) atoms. The Morgan fingerprint density at radius 2 is 1.96 bits per heavy atom. The third kappa shape index (κ3) is 2.81. The van der Waals surface area contributed by atoms with Gasteiger partial charge in [0.15, 0.2) is 5.65 Å². The maximum atomic E-state index is 13.1. The minimum Gasteiger partial charge on any atom is -0.338 e. The van der Waals surface area contributed by atoms with Gasteiger partial charge in [-0.2, -0.15) is 9.61 Å². The lowest BCUT2D eigenvalue weighted by molar-refractivity contribution is -0.140. The van der Waals surface area contributed by atoms with E-state index < -0.39 is 0 Å². The van der Waals surface area contributed by atoms with E-state index in [0.717, 1.165) is 5.56 Å². The third-order valence-electron chi connectivity index (χ3n) is 4.88. The van der Waals surface area contributed by atoms with Crippen LogP contribution in [0.15, 0.2) is 54.9 Å². The zero-order valence-corrected chi connectivity index (χ0v) is 14.4. The number of aromatic nitrogens is 3. The summed E-state index contributed by atoms with van der Waals surface area (Å²) in [5, 5.41) is 7.16. The molecular formula is C19H19N5O2. The molecule has 1 aliphatic rings. The lowest BCUT2D eigenvalue weighted by Crippen LogP contribution is -2.44. The molecule has 0 aliphatic carbocycles. The van der Waals surface area contributed by atoms with E-state index in [9.17, 15) is 9.59 Å². The Morgan fingerprint density at radius 1 is 1.15 bits per heavy atom. The molecule has 7 heteroatoms. The number of rotatable bonds is 3. The van der Waals surface area contributed by atoms with Gasteiger partial charge in [-0.3, -0.25) is 9.59 Å². The number of amides is 2. The van der Waals surface area contributed by atoms with Gasteiger partial charge in [0.25, 0.3) is 0 Å². The molecule has 1 saturated heterocycles. The monoisotopic (exact) mass is 349 g/mol. The van der Waals surface area contributed by atoms with Crippen LogP contribution in [0.2, 0.25) is 0 Å². The standard InChI is InChI=1S/C19H19N5O2/c1-23-17(25)8-7-14(18(23)13-5-3-2-4-6-13)19(26)22-16-9-11-20-15-10-12-21-24(15)16/h2-6,9-12,14,18H,7-8H2,1H3,(H,22,26)/t14-,18+/m0/s1. The number of nitrogens with zero attached hydrogens (tertiary/aromatic N) is 4. The zero-order chi connectivity index (χ0) is 18.1. The van der Waals surface area contributed by atoms with Gasteiger partial charge in [-0.15, -0.1) is 0 Å². The second-order valence-corrected chi connectivity index (χ2v) is 6.43. The highest BCUT2D eigenvalue weighted by Gasteiger charge is 2.38. The molecule has 0 saturated carbocycles. The number of fused-ring (bicyclic) bond motifs is 1. The van der Waals surface area contributed by atoms with Crippen molar-refractivity contribution in [2.45, 2.75) is 18.9 Å². The van der Waals surface area contributed by atoms with Gasteiger partial charge in [-0.05, 0) is 18.1 Å². The van der Waals surface area contributed by atoms with E-state index in [1.54, 1.807) is 41.0 Å². The first-order valence-electron chi connectivity index (χ1n) is 8.55. The van der Waals surface area contributed by atoms with Crippen molar-refractivity contribution in [2.24, 2.45) is 5.92 Å². The number of likely N-dealkylation sites (tertiary alicyclic amines) is 1. The fourth-order valence-electron chi connectivity index (χ4n) is 3.57. The normalized spacial score (nSPS) is 20.3. The number of hydrogen-bond acceptors (Lipinski definition) is 4. The average molecular weight is 349 g/mol. The summed E-state index contributed by atoms with van der Waals surface area (Å²) in [4.78, 5) is 31.2. The van der Waals surface area contributed by atoms with E-state index in [-0.39, 0.29) is 23.8 Å². The van der Waals surface area contributed by atoms with Crippen LogP contribution in [0.3, 0.4) is 0 Å². The van der Waals surface area contributed by atoms with Gasteiger partial charge in [0, 0.05) is 25.7 Å². The van der Waals surface area contributed by atoms with E-state index in [2.05, 4.69) is 15.4 Å². The fraction of sp³-hybridized carbons (Fsp3) is 0.263. The highest BCUT2D eigenvalue weighted by atomic mass is 16.2. The van der Waals surface area contributed by atoms with Crippen LogP contribution in [0.25, 0.3) is 5.65 Å². The Bertz CT molecular complexity index is 953. The van der Waals surface area contributed by atoms with Crippen molar-refractivity contribution in [1.82, 2.24) is 19.5 Å². The largest absolute Gasteiger partial charge is 0.338 e. The number of benzene rings is 1. The predicted molar refractivity (Wildman–Crippen MR) is 96.3 cm³/mol. The van der Waals surface area contributed by atoms with Crippen LogP contribution in [0.4, 0.5) is 5.82 Å². The Balaban J connectivity index is 1.65. The third-order valence-corrected chi connectivity index (χ3v) is 4.88. The zero-order valence-electron chi connectivity index (χ0n) is 14.4. The van der Waals surface area contributed by atoms with E-state index in [1.165, 1.54) is 0 Å². The van der Waals surface area contributed by atoms with Crippen LogP contribution in [-0.2, 0) is 9.59 Å². The molecular weight excluding hydrogens is 330 g/mol. The van der Waals surface area contributed by atoms with E-state index in [4.69, 9.17) is 0 Å². The molecule has 1 N–H and O–H groups in total. The maximum Gasteiger partial charge on any atom is 0.231 e. The Hall–Kier alpha value is -3.22. The van der Waals surface area contributed by atoms with Crippen molar-refractivity contribution in [2.75, 3.05) is 12.4 Å². The van der Waals surface area contributed by atoms with E-state index in [0.29, 0.717) is 24.3 Å². The number of carbonyl (C=O) groups is 2. The quantitative estimate of drug-likeness (QED) is 0.787. The number of anilines is 1. The summed E-state index contributed by atoms with van der Waals surface area (Å²) in [6.07, 6.45) is 4.16. The summed E-state index contributed by atoms with van der Waals surface area (Å²) >= 11 is 0. The van der Waals surface area contributed by atoms with Gasteiger partial charge in [0.1, 0.15) is 5.82 Å². The van der Waals surface area contributed by atoms with Crippen LogP contribution < -0.4 is 5.32 Å². The first kappa shape index (κ1) is 16.3. The summed E-state index contributed by atoms with van der Waals surface area (Å²) in [7, 11) is 1.76. The molecule has 0 radical (unpaired) electrons. The van der Waals surface area contributed by atoms with E-state index >= 15 is 0 Å². The van der Waals surface area contributed by atoms with Crippen LogP contribution in [-0.4, -0.2) is 38.4 Å². The molecule has 7 nitrogen and oxygen atoms in total. The molecule has 132 valence electrons. The summed E-state index contributed by atoms with van der Waals surface area (Å²) in [6.45, 7) is 0. The Morgan fingerprint density at radius 3 is 2.77 bits per heavy atom. The molecule has 3 heterocycles. The highest BCUT2D eigenvalue weighted by Crippen LogP contribution is 2.36. The van der Waals surface area contributed by atoms with Gasteiger partial charge >= 0.3 is 0 Å². The smallest absolute Gasteiger partial charge is 0.231 e. The SMILES string of the molecule is CN1C(=O)CC[C@H](C(=O)Nc2ccnc3ccnn23)[C@H]1c1ccccc1. The number of piperidine rings is 1. The number of carbonyl (C=O) groups excluding carboxylic acids is 2. The van der Waals surface area contributed by atoms with Crippen LogP contribution in [0.1, 0.15) is 24.4 Å². The minimum absolute atomic E-state index is 0.0567. The van der Waals surface area contributed by atoms with Gasteiger partial charge in [-0.1, -0.05) is 30.3 Å². The molecule has 1 aromatic carbocycles. The molecule has 2 atom stereocenters. The lowest BCUT2D eigenvalue weighted by atomic mass is 9.84. The summed E-state index contributed by atoms with van der Waals surface area (Å²) in [6, 6.07) is 12.9. The molecule has 2 amide bonds. The summed E-state index contributed by atoms with van der Waals surface area (Å²) < 4.78 is 1.59. The van der Waals surface area contributed by atoms with Crippen molar-refractivity contribution in [3.8, 4) is 0 Å². The first-order valence-corrected chi connectivity index (χ1v) is 8.55. The molecule has 4 rings (SSSR count). The van der Waals surface area contributed by atoms with Crippen molar-refractivity contribution in [3.63, 3.8) is 0 Å². The highest BCUT2D eigenvalue weighted by molar-refractivity contribution is 5.94.